The van der Waals surface area contributed by atoms with Crippen molar-refractivity contribution in [3.63, 3.8) is 0 Å². The Bertz CT molecular complexity index is 2020. The molecule has 0 aromatic heterocycles. The van der Waals surface area contributed by atoms with E-state index in [2.05, 4.69) is 227 Å². The first-order chi connectivity index (χ1) is 40.5. The standard InChI is InChI=1S/C76H114O6/c1-4-7-10-13-16-19-22-25-28-30-32-34-35-36-37-38-39-40-41-43-44-46-48-51-54-57-60-63-66-69-75(78)81-72-73(71-80-74(77)68-65-62-59-56-53-50-27-24-21-18-15-12-9-6-3)82-76(79)70-67-64-61-58-55-52-49-47-45-42-33-31-29-26-23-20-17-14-11-8-5-2/h7-8,10-11,15-20,24-29,32-34,36-37,39-40,42-44,47-49,51,55,57-58,60,73H,4-6,9,12-14,21-23,30-31,35,38,41,45-46,50,52-54,56,59,61-72H2,1-3H3/b10-7-,11-8-,18-15-,19-16-,20-17-,27-24-,28-25-,29-26-,34-32-,37-36-,40-39-,42-33-,44-43-,49-47-,51-48-,58-55-,60-57-. The summed E-state index contributed by atoms with van der Waals surface area (Å²) in [6, 6.07) is 0. The Morgan fingerprint density at radius 1 is 0.256 bits per heavy atom. The Morgan fingerprint density at radius 3 is 0.817 bits per heavy atom. The van der Waals surface area contributed by atoms with Crippen LogP contribution in [0.3, 0.4) is 0 Å². The van der Waals surface area contributed by atoms with Crippen molar-refractivity contribution >= 4 is 17.9 Å². The molecule has 0 rings (SSSR count). The van der Waals surface area contributed by atoms with Gasteiger partial charge in [0.2, 0.25) is 0 Å². The predicted molar refractivity (Wildman–Crippen MR) is 357 cm³/mol. The van der Waals surface area contributed by atoms with Crippen LogP contribution in [0, 0.1) is 0 Å². The molecule has 0 heterocycles. The maximum Gasteiger partial charge on any atom is 0.306 e. The Hall–Kier alpha value is -6.01. The second-order valence-corrected chi connectivity index (χ2v) is 20.2. The van der Waals surface area contributed by atoms with Gasteiger partial charge in [-0.2, -0.15) is 0 Å². The molecule has 6 heteroatoms. The average Bonchev–Trinajstić information content (AvgIpc) is 3.47. The summed E-state index contributed by atoms with van der Waals surface area (Å²) in [6.07, 6.45) is 104. The Morgan fingerprint density at radius 2 is 0.488 bits per heavy atom. The number of unbranched alkanes of at least 4 members (excludes halogenated alkanes) is 10. The predicted octanol–water partition coefficient (Wildman–Crippen LogP) is 22.4. The minimum absolute atomic E-state index is 0.133. The van der Waals surface area contributed by atoms with E-state index in [-0.39, 0.29) is 44.0 Å². The maximum absolute atomic E-state index is 12.9. The topological polar surface area (TPSA) is 78.9 Å². The molecule has 0 aliphatic heterocycles. The lowest BCUT2D eigenvalue weighted by Gasteiger charge is -2.18. The number of esters is 3. The molecule has 82 heavy (non-hydrogen) atoms. The molecule has 0 fully saturated rings. The van der Waals surface area contributed by atoms with Gasteiger partial charge >= 0.3 is 17.9 Å². The highest BCUT2D eigenvalue weighted by molar-refractivity contribution is 5.71. The third-order valence-corrected chi connectivity index (χ3v) is 12.5. The molecule has 6 nitrogen and oxygen atoms in total. The normalized spacial score (nSPS) is 13.5. The summed E-state index contributed by atoms with van der Waals surface area (Å²) in [5.41, 5.74) is 0. The Balaban J connectivity index is 4.58. The molecule has 0 saturated carbocycles. The van der Waals surface area contributed by atoms with Crippen molar-refractivity contribution in [2.45, 2.75) is 239 Å². The minimum atomic E-state index is -0.846. The fraction of sp³-hybridized carbons (Fsp3) is 0.513. The van der Waals surface area contributed by atoms with Crippen LogP contribution in [0.25, 0.3) is 0 Å². The van der Waals surface area contributed by atoms with Gasteiger partial charge in [-0.1, -0.05) is 259 Å². The summed E-state index contributed by atoms with van der Waals surface area (Å²) in [7, 11) is 0. The number of hydrogen-bond acceptors (Lipinski definition) is 6. The smallest absolute Gasteiger partial charge is 0.306 e. The van der Waals surface area contributed by atoms with Crippen LogP contribution in [0.2, 0.25) is 0 Å². The number of carbonyl (C=O) groups is 3. The monoisotopic (exact) mass is 1120 g/mol. The highest BCUT2D eigenvalue weighted by Gasteiger charge is 2.19. The zero-order valence-corrected chi connectivity index (χ0v) is 51.9. The molecule has 0 N–H and O–H groups in total. The maximum atomic E-state index is 12.9. The molecule has 0 bridgehead atoms. The van der Waals surface area contributed by atoms with Crippen molar-refractivity contribution in [3.8, 4) is 0 Å². The molecular weight excluding hydrogens is 1010 g/mol. The molecule has 0 aromatic carbocycles. The second kappa shape index (κ2) is 67.5. The van der Waals surface area contributed by atoms with E-state index in [1.54, 1.807) is 0 Å². The van der Waals surface area contributed by atoms with Gasteiger partial charge in [-0.05, 0) is 161 Å². The lowest BCUT2D eigenvalue weighted by atomic mass is 10.1. The number of hydrogen-bond donors (Lipinski definition) is 0. The van der Waals surface area contributed by atoms with E-state index >= 15 is 0 Å². The zero-order valence-electron chi connectivity index (χ0n) is 51.9. The number of carbonyl (C=O) groups excluding carboxylic acids is 3. The summed E-state index contributed by atoms with van der Waals surface area (Å²) in [5.74, 6) is -1.06. The van der Waals surface area contributed by atoms with Gasteiger partial charge in [-0.3, -0.25) is 14.4 Å². The third-order valence-electron chi connectivity index (χ3n) is 12.5. The molecule has 0 aromatic rings. The van der Waals surface area contributed by atoms with Crippen LogP contribution < -0.4 is 0 Å². The summed E-state index contributed by atoms with van der Waals surface area (Å²) >= 11 is 0. The van der Waals surface area contributed by atoms with Crippen LogP contribution in [0.15, 0.2) is 207 Å². The van der Waals surface area contributed by atoms with Crippen molar-refractivity contribution in [2.75, 3.05) is 13.2 Å². The van der Waals surface area contributed by atoms with Crippen LogP contribution >= 0.6 is 0 Å². The Labute approximate surface area is 502 Å². The van der Waals surface area contributed by atoms with E-state index in [0.717, 1.165) is 161 Å². The molecule has 0 saturated heterocycles. The van der Waals surface area contributed by atoms with Gasteiger partial charge < -0.3 is 14.2 Å². The van der Waals surface area contributed by atoms with Gasteiger partial charge in [0.1, 0.15) is 13.2 Å². The molecule has 0 spiro atoms. The first kappa shape index (κ1) is 76.0. The molecule has 0 radical (unpaired) electrons. The van der Waals surface area contributed by atoms with E-state index in [1.165, 1.54) is 19.3 Å². The van der Waals surface area contributed by atoms with E-state index in [0.29, 0.717) is 19.3 Å². The fourth-order valence-corrected chi connectivity index (χ4v) is 7.76. The van der Waals surface area contributed by atoms with Crippen molar-refractivity contribution < 1.29 is 28.6 Å². The largest absolute Gasteiger partial charge is 0.462 e. The van der Waals surface area contributed by atoms with Crippen LogP contribution in [-0.2, 0) is 28.6 Å². The van der Waals surface area contributed by atoms with Crippen molar-refractivity contribution in [2.24, 2.45) is 0 Å². The van der Waals surface area contributed by atoms with E-state index in [4.69, 9.17) is 14.2 Å². The molecule has 0 aliphatic rings. The fourth-order valence-electron chi connectivity index (χ4n) is 7.76. The summed E-state index contributed by atoms with van der Waals surface area (Å²) in [5, 5.41) is 0. The van der Waals surface area contributed by atoms with E-state index in [9.17, 15) is 14.4 Å². The lowest BCUT2D eigenvalue weighted by molar-refractivity contribution is -0.167. The number of allylic oxidation sites excluding steroid dienone is 34. The van der Waals surface area contributed by atoms with Crippen molar-refractivity contribution in [3.05, 3.63) is 207 Å². The van der Waals surface area contributed by atoms with E-state index < -0.39 is 6.10 Å². The van der Waals surface area contributed by atoms with Gasteiger partial charge in [-0.25, -0.2) is 0 Å². The van der Waals surface area contributed by atoms with Crippen molar-refractivity contribution in [1.82, 2.24) is 0 Å². The van der Waals surface area contributed by atoms with Gasteiger partial charge in [0.05, 0.1) is 0 Å². The zero-order chi connectivity index (χ0) is 59.2. The van der Waals surface area contributed by atoms with E-state index in [1.807, 2.05) is 0 Å². The lowest BCUT2D eigenvalue weighted by Crippen LogP contribution is -2.30. The third kappa shape index (κ3) is 64.8. The average molecular weight is 1120 g/mol. The minimum Gasteiger partial charge on any atom is -0.462 e. The molecular formula is C76H114O6. The van der Waals surface area contributed by atoms with Crippen LogP contribution in [0.1, 0.15) is 233 Å². The highest BCUT2D eigenvalue weighted by Crippen LogP contribution is 2.12. The van der Waals surface area contributed by atoms with Gasteiger partial charge in [0.15, 0.2) is 6.10 Å². The summed E-state index contributed by atoms with van der Waals surface area (Å²) in [6.45, 7) is 6.25. The van der Waals surface area contributed by atoms with Gasteiger partial charge in [0, 0.05) is 19.3 Å². The molecule has 1 unspecified atom stereocenters. The SMILES string of the molecule is CC/C=C\C/C=C\C/C=C\C/C=C\C/C=C\C/C=C\C/C=C\C/C=C\C/C=C\CCCC(=O)OCC(COC(=O)CCCCCCC/C=C\C/C=C\CCCC)OC(=O)CCCC/C=C\C/C=C\C/C=C\C/C=C\C/C=C\C/C=C\CC. The Kier molecular flexibility index (Phi) is 62.5. The number of rotatable bonds is 55. The highest BCUT2D eigenvalue weighted by atomic mass is 16.6. The summed E-state index contributed by atoms with van der Waals surface area (Å²) < 4.78 is 16.8. The summed E-state index contributed by atoms with van der Waals surface area (Å²) in [4.78, 5) is 38.3. The van der Waals surface area contributed by atoms with Gasteiger partial charge in [0.25, 0.3) is 0 Å². The molecule has 0 amide bonds. The molecule has 1 atom stereocenters. The quantitative estimate of drug-likeness (QED) is 0.0261. The first-order valence-corrected chi connectivity index (χ1v) is 32.1. The van der Waals surface area contributed by atoms with Crippen LogP contribution in [0.4, 0.5) is 0 Å². The van der Waals surface area contributed by atoms with Gasteiger partial charge in [-0.15, -0.1) is 0 Å². The van der Waals surface area contributed by atoms with Crippen LogP contribution in [-0.4, -0.2) is 37.2 Å². The molecule has 454 valence electrons. The van der Waals surface area contributed by atoms with Crippen LogP contribution in [0.5, 0.6) is 0 Å². The number of ether oxygens (including phenoxy) is 3. The van der Waals surface area contributed by atoms with Crippen molar-refractivity contribution in [1.29, 1.82) is 0 Å². The second-order valence-electron chi connectivity index (χ2n) is 20.2. The first-order valence-electron chi connectivity index (χ1n) is 32.1. The molecule has 0 aliphatic carbocycles.